The van der Waals surface area contributed by atoms with Gasteiger partial charge in [-0.1, -0.05) is 102 Å². The van der Waals surface area contributed by atoms with E-state index in [-0.39, 0.29) is 6.04 Å². The smallest absolute Gasteiger partial charge is 0.223 e. The number of fused-ring (bicyclic) bond motifs is 1. The second-order valence-electron chi connectivity index (χ2n) is 8.90. The average molecular weight is 509 g/mol. The SMILES string of the molecule is Cc1cccc(C2=NN(c3nc(-c4ccccc4)c4cc(Cl)ccc4n3)[C@H](c3ccccc3Cl)C2)c1. The number of rotatable bonds is 4. The first-order valence-corrected chi connectivity index (χ1v) is 12.5. The maximum Gasteiger partial charge on any atom is 0.247 e. The molecule has 0 N–H and O–H groups in total. The van der Waals surface area contributed by atoms with E-state index in [4.69, 9.17) is 38.3 Å². The van der Waals surface area contributed by atoms with Crippen LogP contribution in [0.25, 0.3) is 22.2 Å². The molecule has 6 heteroatoms. The van der Waals surface area contributed by atoms with Crippen LogP contribution in [0, 0.1) is 6.92 Å². The molecule has 0 fully saturated rings. The predicted molar refractivity (Wildman–Crippen MR) is 149 cm³/mol. The molecule has 4 aromatic carbocycles. The molecular formula is C30H22Cl2N4. The number of halogens is 2. The minimum atomic E-state index is -0.136. The second-order valence-corrected chi connectivity index (χ2v) is 9.75. The lowest BCUT2D eigenvalue weighted by Gasteiger charge is -2.23. The van der Waals surface area contributed by atoms with Crippen LogP contribution < -0.4 is 5.01 Å². The molecule has 0 bridgehead atoms. The Morgan fingerprint density at radius 1 is 0.778 bits per heavy atom. The second kappa shape index (κ2) is 9.38. The maximum atomic E-state index is 6.68. The maximum absolute atomic E-state index is 6.68. The number of aryl methyl sites for hydroxylation is 1. The van der Waals surface area contributed by atoms with Crippen LogP contribution >= 0.6 is 23.2 Å². The number of benzene rings is 4. The Labute approximate surface area is 219 Å². The van der Waals surface area contributed by atoms with Crippen molar-refractivity contribution in [1.82, 2.24) is 9.97 Å². The summed E-state index contributed by atoms with van der Waals surface area (Å²) in [4.78, 5) is 9.99. The fourth-order valence-electron chi connectivity index (χ4n) is 4.69. The number of hydrogen-bond donors (Lipinski definition) is 0. The predicted octanol–water partition coefficient (Wildman–Crippen LogP) is 8.27. The lowest BCUT2D eigenvalue weighted by Crippen LogP contribution is -2.21. The van der Waals surface area contributed by atoms with Gasteiger partial charge in [-0.15, -0.1) is 0 Å². The highest BCUT2D eigenvalue weighted by molar-refractivity contribution is 6.31. The summed E-state index contributed by atoms with van der Waals surface area (Å²) < 4.78 is 0. The highest BCUT2D eigenvalue weighted by Gasteiger charge is 2.33. The summed E-state index contributed by atoms with van der Waals surface area (Å²) in [5, 5.41) is 9.22. The molecule has 0 saturated heterocycles. The fourth-order valence-corrected chi connectivity index (χ4v) is 5.12. The molecule has 1 aliphatic heterocycles. The van der Waals surface area contributed by atoms with Gasteiger partial charge in [0.25, 0.3) is 0 Å². The number of hydrogen-bond acceptors (Lipinski definition) is 4. The van der Waals surface area contributed by atoms with E-state index in [0.717, 1.165) is 39.0 Å². The van der Waals surface area contributed by atoms with Crippen LogP contribution in [0.3, 0.4) is 0 Å². The standard InChI is InChI=1S/C30H22Cl2N4/c1-19-8-7-11-21(16-19)27-18-28(23-12-5-6-13-25(23)32)36(35-27)30-33-26-15-14-22(31)17-24(26)29(34-30)20-9-3-2-4-10-20/h2-17,28H,18H2,1H3/t28-/m0/s1. The Kier molecular flexibility index (Phi) is 5.92. The number of aromatic nitrogens is 2. The highest BCUT2D eigenvalue weighted by atomic mass is 35.5. The first kappa shape index (κ1) is 22.7. The van der Waals surface area contributed by atoms with Gasteiger partial charge in [-0.2, -0.15) is 5.10 Å². The van der Waals surface area contributed by atoms with E-state index in [0.29, 0.717) is 22.4 Å². The van der Waals surface area contributed by atoms with Crippen molar-refractivity contribution in [3.63, 3.8) is 0 Å². The van der Waals surface area contributed by atoms with Crippen LogP contribution in [0.5, 0.6) is 0 Å². The van der Waals surface area contributed by atoms with Gasteiger partial charge in [0.05, 0.1) is 23.0 Å². The third-order valence-corrected chi connectivity index (χ3v) is 7.00. The van der Waals surface area contributed by atoms with Crippen molar-refractivity contribution < 1.29 is 0 Å². The van der Waals surface area contributed by atoms with Crippen LogP contribution in [0.2, 0.25) is 10.0 Å². The Hall–Kier alpha value is -3.73. The summed E-state index contributed by atoms with van der Waals surface area (Å²) in [6.07, 6.45) is 0.690. The van der Waals surface area contributed by atoms with Gasteiger partial charge in [0, 0.05) is 27.4 Å². The molecule has 0 spiro atoms. The Bertz CT molecular complexity index is 1610. The first-order chi connectivity index (χ1) is 17.6. The average Bonchev–Trinajstić information content (AvgIpc) is 3.34. The van der Waals surface area contributed by atoms with Crippen LogP contribution in [0.15, 0.2) is 102 Å². The minimum Gasteiger partial charge on any atom is -0.223 e. The molecule has 5 aromatic rings. The largest absolute Gasteiger partial charge is 0.247 e. The normalized spacial score (nSPS) is 15.4. The van der Waals surface area contributed by atoms with E-state index in [2.05, 4.69) is 31.2 Å². The molecule has 176 valence electrons. The van der Waals surface area contributed by atoms with Crippen LogP contribution in [-0.2, 0) is 0 Å². The topological polar surface area (TPSA) is 41.4 Å². The first-order valence-electron chi connectivity index (χ1n) is 11.8. The Morgan fingerprint density at radius 3 is 2.36 bits per heavy atom. The summed E-state index contributed by atoms with van der Waals surface area (Å²) in [5.41, 5.74) is 6.86. The Balaban J connectivity index is 1.56. The molecule has 0 radical (unpaired) electrons. The monoisotopic (exact) mass is 508 g/mol. The van der Waals surface area contributed by atoms with Crippen molar-refractivity contribution in [2.75, 3.05) is 5.01 Å². The molecule has 0 aliphatic carbocycles. The molecule has 1 aromatic heterocycles. The van der Waals surface area contributed by atoms with Crippen molar-refractivity contribution in [3.05, 3.63) is 124 Å². The minimum absolute atomic E-state index is 0.136. The molecule has 0 unspecified atom stereocenters. The summed E-state index contributed by atoms with van der Waals surface area (Å²) >= 11 is 13.0. The van der Waals surface area contributed by atoms with E-state index in [1.54, 1.807) is 0 Å². The molecule has 4 nitrogen and oxygen atoms in total. The van der Waals surface area contributed by atoms with Crippen molar-refractivity contribution >= 4 is 45.8 Å². The van der Waals surface area contributed by atoms with Gasteiger partial charge < -0.3 is 0 Å². The van der Waals surface area contributed by atoms with Crippen molar-refractivity contribution in [3.8, 4) is 11.3 Å². The molecular weight excluding hydrogens is 487 g/mol. The quantitative estimate of drug-likeness (QED) is 0.245. The van der Waals surface area contributed by atoms with Crippen molar-refractivity contribution in [1.29, 1.82) is 0 Å². The molecule has 1 atom stereocenters. The van der Waals surface area contributed by atoms with Crippen LogP contribution in [-0.4, -0.2) is 15.7 Å². The summed E-state index contributed by atoms with van der Waals surface area (Å²) in [7, 11) is 0. The highest BCUT2D eigenvalue weighted by Crippen LogP contribution is 2.40. The summed E-state index contributed by atoms with van der Waals surface area (Å²) in [5.74, 6) is 0.524. The molecule has 2 heterocycles. The van der Waals surface area contributed by atoms with Gasteiger partial charge in [-0.25, -0.2) is 15.0 Å². The van der Waals surface area contributed by atoms with Gasteiger partial charge in [0.1, 0.15) is 0 Å². The van der Waals surface area contributed by atoms with E-state index < -0.39 is 0 Å². The van der Waals surface area contributed by atoms with Gasteiger partial charge in [0.15, 0.2) is 0 Å². The zero-order valence-electron chi connectivity index (χ0n) is 19.6. The molecule has 0 saturated carbocycles. The van der Waals surface area contributed by atoms with Gasteiger partial charge >= 0.3 is 0 Å². The van der Waals surface area contributed by atoms with E-state index in [1.165, 1.54) is 5.56 Å². The Morgan fingerprint density at radius 2 is 1.56 bits per heavy atom. The number of nitrogens with zero attached hydrogens (tertiary/aromatic N) is 4. The van der Waals surface area contributed by atoms with Gasteiger partial charge in [-0.05, 0) is 42.3 Å². The molecule has 1 aliphatic rings. The van der Waals surface area contributed by atoms with Crippen LogP contribution in [0.4, 0.5) is 5.95 Å². The number of anilines is 1. The van der Waals surface area contributed by atoms with E-state index in [1.807, 2.05) is 77.8 Å². The van der Waals surface area contributed by atoms with Crippen molar-refractivity contribution in [2.45, 2.75) is 19.4 Å². The van der Waals surface area contributed by atoms with E-state index in [9.17, 15) is 0 Å². The third kappa shape index (κ3) is 4.23. The van der Waals surface area contributed by atoms with Crippen LogP contribution in [0.1, 0.15) is 29.2 Å². The van der Waals surface area contributed by atoms with E-state index >= 15 is 0 Å². The van der Waals surface area contributed by atoms with Crippen molar-refractivity contribution in [2.24, 2.45) is 5.10 Å². The lowest BCUT2D eigenvalue weighted by atomic mass is 9.97. The lowest BCUT2D eigenvalue weighted by molar-refractivity contribution is 0.689. The summed E-state index contributed by atoms with van der Waals surface area (Å²) in [6, 6.07) is 32.0. The zero-order chi connectivity index (χ0) is 24.6. The number of hydrazone groups is 1. The fraction of sp³-hybridized carbons (Fsp3) is 0.100. The molecule has 0 amide bonds. The molecule has 36 heavy (non-hydrogen) atoms. The zero-order valence-corrected chi connectivity index (χ0v) is 21.1. The van der Waals surface area contributed by atoms with Gasteiger partial charge in [-0.3, -0.25) is 0 Å². The molecule has 6 rings (SSSR count). The third-order valence-electron chi connectivity index (χ3n) is 6.42. The van der Waals surface area contributed by atoms with Gasteiger partial charge in [0.2, 0.25) is 5.95 Å². The summed E-state index contributed by atoms with van der Waals surface area (Å²) in [6.45, 7) is 2.09.